The van der Waals surface area contributed by atoms with Crippen LogP contribution < -0.4 is 21.7 Å². The number of nitrogens with one attached hydrogen (secondary N) is 3. The number of hydrogen-bond acceptors (Lipinski definition) is 7. The molecule has 0 radical (unpaired) electrons. The second-order valence-electron chi connectivity index (χ2n) is 10.2. The molecule has 0 bridgehead atoms. The third-order valence-electron chi connectivity index (χ3n) is 6.32. The van der Waals surface area contributed by atoms with Crippen molar-refractivity contribution in [2.24, 2.45) is 11.1 Å². The number of aliphatic carboxylic acids is 1. The van der Waals surface area contributed by atoms with Gasteiger partial charge in [-0.1, -0.05) is 45.0 Å². The number of carbonyl (C=O) groups is 4. The number of amides is 3. The number of carboxylic acid groups (broad SMARTS) is 1. The van der Waals surface area contributed by atoms with Gasteiger partial charge in [-0.2, -0.15) is 12.6 Å². The molecule has 1 aromatic carbocycles. The Morgan fingerprint density at radius 2 is 1.83 bits per heavy atom. The molecule has 11 heteroatoms. The lowest BCUT2D eigenvalue weighted by Gasteiger charge is -2.41. The fourth-order valence-electron chi connectivity index (χ4n) is 4.18. The fourth-order valence-corrected chi connectivity index (χ4v) is 4.31. The van der Waals surface area contributed by atoms with Crippen molar-refractivity contribution in [2.75, 3.05) is 19.3 Å². The number of nitrogens with zero attached hydrogens (tertiary/aromatic N) is 1. The molecule has 1 heterocycles. The number of hydrogen-bond donors (Lipinski definition) is 6. The van der Waals surface area contributed by atoms with Crippen molar-refractivity contribution in [3.63, 3.8) is 0 Å². The molecule has 200 valence electrons. The third kappa shape index (κ3) is 7.94. The fraction of sp³-hybridized carbons (Fsp3) is 0.600. The number of nitrogens with two attached hydrogens (primary N) is 1. The zero-order chi connectivity index (χ0) is 27.0. The van der Waals surface area contributed by atoms with Gasteiger partial charge in [0, 0.05) is 44.8 Å². The maximum atomic E-state index is 13.9. The number of thiol groups is 1. The topological polar surface area (TPSA) is 154 Å². The van der Waals surface area contributed by atoms with Gasteiger partial charge in [-0.05, 0) is 23.0 Å². The van der Waals surface area contributed by atoms with Crippen LogP contribution in [0.2, 0.25) is 0 Å². The minimum atomic E-state index is -1.26. The van der Waals surface area contributed by atoms with E-state index in [0.717, 1.165) is 11.1 Å². The van der Waals surface area contributed by atoms with E-state index in [9.17, 15) is 24.3 Å². The molecule has 2 rings (SSSR count). The van der Waals surface area contributed by atoms with Crippen LogP contribution in [-0.4, -0.2) is 77.2 Å². The van der Waals surface area contributed by atoms with Crippen LogP contribution >= 0.6 is 12.6 Å². The summed E-state index contributed by atoms with van der Waals surface area (Å²) in [6.45, 7) is 6.39. The average molecular weight is 522 g/mol. The summed E-state index contributed by atoms with van der Waals surface area (Å²) >= 11 is 4.21. The lowest BCUT2D eigenvalue weighted by Crippen LogP contribution is -2.61. The molecule has 3 amide bonds. The SMILES string of the molecule is CNC(=O)CC[C@H](NC(=O)[C@H]1Cc2ccccc2CN1C(=O)[C@@H](NCC(N)CS)C(C)(C)C)C(=O)O. The van der Waals surface area contributed by atoms with Crippen molar-refractivity contribution < 1.29 is 24.3 Å². The Hall–Kier alpha value is -2.63. The summed E-state index contributed by atoms with van der Waals surface area (Å²) in [6.07, 6.45) is 0.139. The van der Waals surface area contributed by atoms with Gasteiger partial charge in [0.05, 0.1) is 6.04 Å². The van der Waals surface area contributed by atoms with Crippen LogP contribution in [0.3, 0.4) is 0 Å². The molecule has 0 saturated heterocycles. The summed E-state index contributed by atoms with van der Waals surface area (Å²) in [5.41, 5.74) is 7.39. The number of benzene rings is 1. The van der Waals surface area contributed by atoms with Gasteiger partial charge >= 0.3 is 5.97 Å². The normalized spacial score (nSPS) is 17.9. The Morgan fingerprint density at radius 3 is 2.39 bits per heavy atom. The highest BCUT2D eigenvalue weighted by Crippen LogP contribution is 2.28. The van der Waals surface area contributed by atoms with Gasteiger partial charge in [-0.3, -0.25) is 14.4 Å². The van der Waals surface area contributed by atoms with Crippen molar-refractivity contribution in [3.05, 3.63) is 35.4 Å². The van der Waals surface area contributed by atoms with E-state index < -0.39 is 35.4 Å². The van der Waals surface area contributed by atoms with Gasteiger partial charge in [0.1, 0.15) is 12.1 Å². The molecule has 0 aliphatic carbocycles. The minimum absolute atomic E-state index is 0.0503. The Bertz CT molecular complexity index is 951. The largest absolute Gasteiger partial charge is 0.480 e. The lowest BCUT2D eigenvalue weighted by molar-refractivity contribution is -0.147. The molecule has 0 fully saturated rings. The van der Waals surface area contributed by atoms with Gasteiger partial charge in [0.25, 0.3) is 0 Å². The van der Waals surface area contributed by atoms with Gasteiger partial charge in [-0.15, -0.1) is 0 Å². The van der Waals surface area contributed by atoms with E-state index in [2.05, 4.69) is 28.6 Å². The van der Waals surface area contributed by atoms with E-state index in [1.165, 1.54) is 11.9 Å². The van der Waals surface area contributed by atoms with Gasteiger partial charge < -0.3 is 31.7 Å². The van der Waals surface area contributed by atoms with Crippen LogP contribution in [0.4, 0.5) is 0 Å². The maximum absolute atomic E-state index is 13.9. The lowest BCUT2D eigenvalue weighted by atomic mass is 9.84. The molecule has 1 aromatic rings. The van der Waals surface area contributed by atoms with Crippen LogP contribution in [0, 0.1) is 5.41 Å². The van der Waals surface area contributed by atoms with E-state index in [0.29, 0.717) is 12.3 Å². The molecule has 0 spiro atoms. The molecular weight excluding hydrogens is 482 g/mol. The molecule has 0 saturated carbocycles. The highest BCUT2D eigenvalue weighted by molar-refractivity contribution is 7.80. The van der Waals surface area contributed by atoms with Crippen LogP contribution in [0.1, 0.15) is 44.7 Å². The van der Waals surface area contributed by atoms with Gasteiger partial charge in [0.2, 0.25) is 17.7 Å². The van der Waals surface area contributed by atoms with E-state index in [1.54, 1.807) is 0 Å². The molecular formula is C25H39N5O5S. The molecule has 10 nitrogen and oxygen atoms in total. The van der Waals surface area contributed by atoms with Crippen molar-refractivity contribution in [3.8, 4) is 0 Å². The highest BCUT2D eigenvalue weighted by Gasteiger charge is 2.41. The van der Waals surface area contributed by atoms with E-state index >= 15 is 0 Å². The molecule has 1 aliphatic rings. The minimum Gasteiger partial charge on any atom is -0.480 e. The summed E-state index contributed by atoms with van der Waals surface area (Å²) in [4.78, 5) is 52.2. The Kier molecular flexibility index (Phi) is 10.7. The summed E-state index contributed by atoms with van der Waals surface area (Å²) in [6, 6.07) is 4.54. The van der Waals surface area contributed by atoms with Crippen molar-refractivity contribution >= 4 is 36.3 Å². The predicted molar refractivity (Wildman–Crippen MR) is 140 cm³/mol. The van der Waals surface area contributed by atoms with Crippen molar-refractivity contribution in [1.82, 2.24) is 20.9 Å². The number of rotatable bonds is 11. The van der Waals surface area contributed by atoms with Crippen molar-refractivity contribution in [2.45, 2.75) is 70.7 Å². The standard InChI is InChI=1S/C25H39N5O5S/c1-25(2,3)21(28-12-17(26)14-36)23(33)30-13-16-8-6-5-7-15(16)11-19(30)22(32)29-18(24(34)35)9-10-20(31)27-4/h5-8,17-19,21,28,36H,9-14,26H2,1-4H3,(H,27,31)(H,29,32)(H,34,35)/t17?,18-,19+,21+/m0/s1. The smallest absolute Gasteiger partial charge is 0.326 e. The first-order valence-corrected chi connectivity index (χ1v) is 12.7. The first-order chi connectivity index (χ1) is 16.9. The maximum Gasteiger partial charge on any atom is 0.326 e. The van der Waals surface area contributed by atoms with Crippen molar-refractivity contribution in [1.29, 1.82) is 0 Å². The van der Waals surface area contributed by atoms with E-state index in [1.807, 2.05) is 45.0 Å². The molecule has 36 heavy (non-hydrogen) atoms. The molecule has 0 aromatic heterocycles. The zero-order valence-electron chi connectivity index (χ0n) is 21.4. The Balaban J connectivity index is 2.34. The van der Waals surface area contributed by atoms with Crippen LogP contribution in [0.5, 0.6) is 0 Å². The second kappa shape index (κ2) is 13.1. The highest BCUT2D eigenvalue weighted by atomic mass is 32.1. The summed E-state index contributed by atoms with van der Waals surface area (Å²) in [5.74, 6) is -1.94. The molecule has 6 N–H and O–H groups in total. The predicted octanol–water partition coefficient (Wildman–Crippen LogP) is 0.297. The quantitative estimate of drug-likeness (QED) is 0.229. The van der Waals surface area contributed by atoms with Gasteiger partial charge in [-0.25, -0.2) is 4.79 Å². The Morgan fingerprint density at radius 1 is 1.19 bits per heavy atom. The number of carboxylic acids is 1. The van der Waals surface area contributed by atoms with Crippen LogP contribution in [0.25, 0.3) is 0 Å². The average Bonchev–Trinajstić information content (AvgIpc) is 2.83. The van der Waals surface area contributed by atoms with Crippen LogP contribution in [0.15, 0.2) is 24.3 Å². The third-order valence-corrected chi connectivity index (χ3v) is 6.79. The van der Waals surface area contributed by atoms with E-state index in [4.69, 9.17) is 5.73 Å². The summed E-state index contributed by atoms with van der Waals surface area (Å²) in [7, 11) is 1.46. The van der Waals surface area contributed by atoms with Gasteiger partial charge in [0.15, 0.2) is 0 Å². The number of fused-ring (bicyclic) bond motifs is 1. The first-order valence-electron chi connectivity index (χ1n) is 12.1. The zero-order valence-corrected chi connectivity index (χ0v) is 22.3. The summed E-state index contributed by atoms with van der Waals surface area (Å²) < 4.78 is 0. The summed E-state index contributed by atoms with van der Waals surface area (Å²) in [5, 5.41) is 17.9. The molecule has 4 atom stereocenters. The Labute approximate surface area is 218 Å². The second-order valence-corrected chi connectivity index (χ2v) is 10.6. The van der Waals surface area contributed by atoms with Crippen LogP contribution in [-0.2, 0) is 32.1 Å². The van der Waals surface area contributed by atoms with E-state index in [-0.39, 0.29) is 43.7 Å². The molecule has 1 unspecified atom stereocenters. The monoisotopic (exact) mass is 521 g/mol. The first kappa shape index (κ1) is 29.6. The number of carbonyl (C=O) groups excluding carboxylic acids is 3. The molecule has 1 aliphatic heterocycles.